The highest BCUT2D eigenvalue weighted by molar-refractivity contribution is 5.86. The normalized spacial score (nSPS) is 15.1. The van der Waals surface area contributed by atoms with Crippen molar-refractivity contribution in [1.82, 2.24) is 4.97 Å². The maximum absolute atomic E-state index is 12.5. The van der Waals surface area contributed by atoms with E-state index in [4.69, 9.17) is 0 Å². The number of carbonyl (C=O) groups excluding carboxylic acids is 1. The van der Waals surface area contributed by atoms with Gasteiger partial charge in [-0.2, -0.15) is 0 Å². The lowest BCUT2D eigenvalue weighted by Gasteiger charge is -2.18. The highest BCUT2D eigenvalue weighted by atomic mass is 17.7. The summed E-state index contributed by atoms with van der Waals surface area (Å²) in [6.45, 7) is 0. The van der Waals surface area contributed by atoms with Crippen LogP contribution in [0.4, 0.5) is 22.7 Å². The van der Waals surface area contributed by atoms with Crippen LogP contribution in [0.5, 0.6) is 0 Å². The van der Waals surface area contributed by atoms with Crippen LogP contribution in [-0.2, 0) is 19.5 Å². The lowest BCUT2D eigenvalue weighted by atomic mass is 9.88. The van der Waals surface area contributed by atoms with Gasteiger partial charge in [-0.15, -0.1) is 0 Å². The number of hydrogen-bond acceptors (Lipinski definition) is 11. The maximum atomic E-state index is 12.5. The predicted octanol–water partition coefficient (Wildman–Crippen LogP) is 2.31. The zero-order valence-electron chi connectivity index (χ0n) is 14.8. The van der Waals surface area contributed by atoms with Gasteiger partial charge in [-0.1, -0.05) is 0 Å². The molecule has 1 fully saturated rings. The second-order valence-electron chi connectivity index (χ2n) is 5.86. The van der Waals surface area contributed by atoms with Crippen molar-refractivity contribution in [2.75, 3.05) is 7.11 Å². The lowest BCUT2D eigenvalue weighted by Crippen LogP contribution is -2.23. The lowest BCUT2D eigenvalue weighted by molar-refractivity contribution is -0.394. The summed E-state index contributed by atoms with van der Waals surface area (Å²) in [5, 5.41) is 45.8. The molecule has 0 N–H and O–H groups in total. The summed E-state index contributed by atoms with van der Waals surface area (Å²) in [5.41, 5.74) is -3.08. The number of nitro groups is 3. The van der Waals surface area contributed by atoms with Crippen molar-refractivity contribution in [2.24, 2.45) is 0 Å². The largest absolute Gasteiger partial charge is 0.553 e. The number of esters is 1. The molecule has 1 atom stereocenters. The highest BCUT2D eigenvalue weighted by Gasteiger charge is 2.51. The van der Waals surface area contributed by atoms with Gasteiger partial charge in [0.05, 0.1) is 44.0 Å². The number of nitro benzene ring substituents is 3. The Bertz CT molecular complexity index is 1080. The summed E-state index contributed by atoms with van der Waals surface area (Å²) >= 11 is 0. The van der Waals surface area contributed by atoms with E-state index >= 15 is 0 Å². The van der Waals surface area contributed by atoms with E-state index in [1.54, 1.807) is 0 Å². The van der Waals surface area contributed by atoms with Gasteiger partial charge in [0, 0.05) is 28.2 Å². The molecule has 0 unspecified atom stereocenters. The molecule has 0 amide bonds. The fraction of sp³-hybridized carbons (Fsp3) is 0.133. The van der Waals surface area contributed by atoms with Gasteiger partial charge in [0.15, 0.2) is 0 Å². The molecule has 1 heterocycles. The van der Waals surface area contributed by atoms with Crippen LogP contribution in [0, 0.1) is 35.6 Å². The van der Waals surface area contributed by atoms with E-state index in [0.717, 1.165) is 37.4 Å². The van der Waals surface area contributed by atoms with Crippen LogP contribution < -0.4 is 4.97 Å². The molecule has 3 rings (SSSR count). The number of non-ortho nitro benzene ring substituents is 2. The van der Waals surface area contributed by atoms with Crippen molar-refractivity contribution in [3.8, 4) is 0 Å². The average molecular weight is 422 g/mol. The minimum Gasteiger partial charge on any atom is -0.553 e. The summed E-state index contributed by atoms with van der Waals surface area (Å²) in [6, 6.07) is 5.28. The average Bonchev–Trinajstić information content (AvgIpc) is 3.46. The molecule has 15 nitrogen and oxygen atoms in total. The van der Waals surface area contributed by atoms with Gasteiger partial charge in [-0.25, -0.2) is 0 Å². The number of rotatable bonds is 7. The third-order valence-electron chi connectivity index (χ3n) is 4.21. The summed E-state index contributed by atoms with van der Waals surface area (Å²) in [5.74, 6) is -2.72. The van der Waals surface area contributed by atoms with Crippen molar-refractivity contribution in [2.45, 2.75) is 5.92 Å². The molecule has 0 aliphatic carbocycles. The summed E-state index contributed by atoms with van der Waals surface area (Å²) in [6.07, 6.45) is 0. The second kappa shape index (κ2) is 7.41. The first kappa shape index (κ1) is 20.7. The van der Waals surface area contributed by atoms with Crippen molar-refractivity contribution in [1.29, 1.82) is 0 Å². The quantitative estimate of drug-likeness (QED) is 0.120. The van der Waals surface area contributed by atoms with Gasteiger partial charge >= 0.3 is 5.97 Å². The smallest absolute Gasteiger partial charge is 0.318 e. The number of ether oxygens (including phenoxy) is 1. The Balaban J connectivity index is 2.28. The van der Waals surface area contributed by atoms with Crippen LogP contribution >= 0.6 is 0 Å². The van der Waals surface area contributed by atoms with Gasteiger partial charge in [-0.05, 0) is 12.1 Å². The Morgan fingerprint density at radius 2 is 1.47 bits per heavy atom. The van der Waals surface area contributed by atoms with Crippen LogP contribution in [0.2, 0.25) is 0 Å². The Morgan fingerprint density at radius 3 is 1.93 bits per heavy atom. The van der Waals surface area contributed by atoms with Crippen LogP contribution in [-0.4, -0.2) is 27.8 Å². The zero-order valence-corrected chi connectivity index (χ0v) is 14.8. The molecular weight excluding hydrogens is 412 g/mol. The summed E-state index contributed by atoms with van der Waals surface area (Å²) in [4.78, 5) is 50.0. The van der Waals surface area contributed by atoms with Gasteiger partial charge in [0.25, 0.3) is 17.1 Å². The molecule has 0 spiro atoms. The Labute approximate surface area is 165 Å². The minimum absolute atomic E-state index is 0.253. The number of benzene rings is 2. The first-order valence-electron chi connectivity index (χ1n) is 7.86. The van der Waals surface area contributed by atoms with Gasteiger partial charge in [-0.3, -0.25) is 35.1 Å². The van der Waals surface area contributed by atoms with Crippen molar-refractivity contribution < 1.29 is 34.3 Å². The van der Waals surface area contributed by atoms with E-state index < -0.39 is 54.4 Å². The standard InChI is InChI=1S/C15H10N4O11/c1-28-15(20)14(10-4-2-8(16(21)22)6-12(10)18(25)26)11-5-3-9(17(23)24)7-13(11)19(27)29-30-19/h2-7,14H,1H3/t14-/m0/s1. The monoisotopic (exact) mass is 422 g/mol. The van der Waals surface area contributed by atoms with Crippen molar-refractivity contribution in [3.63, 3.8) is 0 Å². The van der Waals surface area contributed by atoms with Crippen LogP contribution in [0.1, 0.15) is 17.0 Å². The minimum atomic E-state index is -1.94. The number of quaternary nitrogens is 1. The van der Waals surface area contributed by atoms with E-state index in [0.29, 0.717) is 6.07 Å². The van der Waals surface area contributed by atoms with E-state index in [-0.39, 0.29) is 11.1 Å². The molecule has 0 aromatic heterocycles. The first-order chi connectivity index (χ1) is 14.1. The number of carbonyl (C=O) groups is 1. The topological polar surface area (TPSA) is 204 Å². The summed E-state index contributed by atoms with van der Waals surface area (Å²) < 4.78 is 4.68. The SMILES string of the molecule is COC(=O)[C@@H](c1ccc([N+](=O)[O-])cc1[N+](=O)[O-])c1ccc([N+](=O)[O-])cc1[N+]1([O-])OO1. The third-order valence-corrected chi connectivity index (χ3v) is 4.21. The van der Waals surface area contributed by atoms with Gasteiger partial charge < -0.3 is 9.94 Å². The van der Waals surface area contributed by atoms with Gasteiger partial charge in [0.2, 0.25) is 5.69 Å². The molecule has 1 aliphatic heterocycles. The molecular formula is C15H10N4O11. The zero-order chi connectivity index (χ0) is 22.2. The third kappa shape index (κ3) is 3.63. The summed E-state index contributed by atoms with van der Waals surface area (Å²) in [7, 11) is 0.976. The Kier molecular flexibility index (Phi) is 5.11. The molecule has 0 bridgehead atoms. The molecule has 30 heavy (non-hydrogen) atoms. The van der Waals surface area contributed by atoms with E-state index in [1.807, 2.05) is 0 Å². The molecule has 2 aromatic carbocycles. The number of nitrogens with zero attached hydrogens (tertiary/aromatic N) is 4. The van der Waals surface area contributed by atoms with Crippen molar-refractivity contribution in [3.05, 3.63) is 83.1 Å². The number of methoxy groups -OCH3 is 1. The highest BCUT2D eigenvalue weighted by Crippen LogP contribution is 2.45. The fourth-order valence-electron chi connectivity index (χ4n) is 2.82. The second-order valence-corrected chi connectivity index (χ2v) is 5.86. The van der Waals surface area contributed by atoms with Crippen molar-refractivity contribution >= 4 is 28.7 Å². The molecule has 1 aliphatic rings. The maximum Gasteiger partial charge on any atom is 0.318 e. The van der Waals surface area contributed by atoms with E-state index in [9.17, 15) is 40.3 Å². The molecule has 156 valence electrons. The van der Waals surface area contributed by atoms with Crippen LogP contribution in [0.25, 0.3) is 0 Å². The van der Waals surface area contributed by atoms with Gasteiger partial charge in [0.1, 0.15) is 5.92 Å². The number of hydrogen-bond donors (Lipinski definition) is 0. The molecule has 0 saturated carbocycles. The molecule has 2 aromatic rings. The molecule has 0 radical (unpaired) electrons. The Morgan fingerprint density at radius 1 is 0.933 bits per heavy atom. The van der Waals surface area contributed by atoms with Crippen LogP contribution in [0.3, 0.4) is 0 Å². The molecule has 1 saturated heterocycles. The predicted molar refractivity (Wildman–Crippen MR) is 94.0 cm³/mol. The van der Waals surface area contributed by atoms with Crippen LogP contribution in [0.15, 0.2) is 36.4 Å². The van der Waals surface area contributed by atoms with E-state index in [2.05, 4.69) is 14.7 Å². The van der Waals surface area contributed by atoms with E-state index in [1.165, 1.54) is 0 Å². The molecule has 15 heteroatoms. The Hall–Kier alpha value is -4.05. The first-order valence-corrected chi connectivity index (χ1v) is 7.86. The fourth-order valence-corrected chi connectivity index (χ4v) is 2.82.